The van der Waals surface area contributed by atoms with Crippen LogP contribution in [0.5, 0.6) is 11.5 Å². The van der Waals surface area contributed by atoms with Crippen molar-refractivity contribution < 1.29 is 9.47 Å². The van der Waals surface area contributed by atoms with E-state index in [4.69, 9.17) is 20.2 Å². The van der Waals surface area contributed by atoms with Crippen LogP contribution in [0.1, 0.15) is 5.56 Å². The lowest BCUT2D eigenvalue weighted by Gasteiger charge is -2.12. The van der Waals surface area contributed by atoms with Crippen LogP contribution in [0.25, 0.3) is 11.2 Å². The minimum Gasteiger partial charge on any atom is -0.497 e. The van der Waals surface area contributed by atoms with E-state index in [1.807, 2.05) is 30.3 Å². The van der Waals surface area contributed by atoms with Crippen molar-refractivity contribution in [2.24, 2.45) is 0 Å². The zero-order valence-electron chi connectivity index (χ0n) is 16.5. The van der Waals surface area contributed by atoms with Gasteiger partial charge >= 0.3 is 0 Å². The number of fused-ring (bicyclic) bond motifs is 1. The fourth-order valence-electron chi connectivity index (χ4n) is 3.07. The molecule has 0 aliphatic rings. The smallest absolute Gasteiger partial charge is 0.175 e. The second-order valence-electron chi connectivity index (χ2n) is 6.47. The van der Waals surface area contributed by atoms with E-state index in [0.29, 0.717) is 23.5 Å². The van der Waals surface area contributed by atoms with E-state index in [1.54, 1.807) is 14.2 Å². The summed E-state index contributed by atoms with van der Waals surface area (Å²) >= 11 is 4.96. The zero-order valence-corrected chi connectivity index (χ0v) is 18.9. The van der Waals surface area contributed by atoms with E-state index >= 15 is 0 Å². The maximum Gasteiger partial charge on any atom is 0.175 e. The second-order valence-corrected chi connectivity index (χ2v) is 8.40. The largest absolute Gasteiger partial charge is 0.497 e. The number of benzene rings is 2. The number of nitrogen functional groups attached to an aromatic ring is 1. The van der Waals surface area contributed by atoms with Gasteiger partial charge < -0.3 is 19.8 Å². The lowest BCUT2D eigenvalue weighted by atomic mass is 10.1. The lowest BCUT2D eigenvalue weighted by Crippen LogP contribution is -2.04. The molecule has 4 rings (SSSR count). The van der Waals surface area contributed by atoms with Crippen LogP contribution in [0.3, 0.4) is 0 Å². The third kappa shape index (κ3) is 4.22. The summed E-state index contributed by atoms with van der Waals surface area (Å²) < 4.78 is 14.0. The summed E-state index contributed by atoms with van der Waals surface area (Å²) in [6.45, 7) is 0.698. The van der Waals surface area contributed by atoms with Gasteiger partial charge in [0.2, 0.25) is 0 Å². The normalized spacial score (nSPS) is 11.0. The third-order valence-corrected chi connectivity index (χ3v) is 6.20. The average Bonchev–Trinajstić information content (AvgIpc) is 3.11. The summed E-state index contributed by atoms with van der Waals surface area (Å²) in [5, 5.41) is 0.765. The number of hydrogen-bond donors (Lipinski definition) is 1. The van der Waals surface area contributed by atoms with Crippen LogP contribution in [-0.4, -0.2) is 33.7 Å². The van der Waals surface area contributed by atoms with Crippen molar-refractivity contribution in [3.05, 3.63) is 58.8 Å². The molecule has 0 spiro atoms. The Morgan fingerprint density at radius 1 is 1.07 bits per heavy atom. The Bertz CT molecular complexity index is 1180. The number of halogens is 1. The first-order valence-electron chi connectivity index (χ1n) is 9.20. The molecule has 2 aromatic heterocycles. The Labute approximate surface area is 186 Å². The van der Waals surface area contributed by atoms with Gasteiger partial charge in [0.1, 0.15) is 17.8 Å². The minimum atomic E-state index is 0.363. The molecule has 0 atom stereocenters. The molecule has 0 fully saturated rings. The number of aryl methyl sites for hydroxylation is 2. The van der Waals surface area contributed by atoms with Crippen molar-refractivity contribution in [3.8, 4) is 11.5 Å². The van der Waals surface area contributed by atoms with Crippen molar-refractivity contribution in [2.75, 3.05) is 20.0 Å². The molecule has 0 aliphatic heterocycles. The first-order chi connectivity index (χ1) is 14.6. The van der Waals surface area contributed by atoms with Gasteiger partial charge in [0.25, 0.3) is 0 Å². The summed E-state index contributed by atoms with van der Waals surface area (Å²) in [6, 6.07) is 14.0. The number of anilines is 1. The van der Waals surface area contributed by atoms with Gasteiger partial charge in [-0.3, -0.25) is 0 Å². The van der Waals surface area contributed by atoms with E-state index in [2.05, 4.69) is 42.6 Å². The number of nitrogens with zero attached hydrogens (tertiary/aromatic N) is 4. The van der Waals surface area contributed by atoms with Gasteiger partial charge in [-0.15, -0.1) is 0 Å². The van der Waals surface area contributed by atoms with E-state index in [-0.39, 0.29) is 0 Å². The van der Waals surface area contributed by atoms with Crippen molar-refractivity contribution in [3.63, 3.8) is 0 Å². The molecule has 0 bridgehead atoms. The molecule has 30 heavy (non-hydrogen) atoms. The van der Waals surface area contributed by atoms with Crippen LogP contribution in [0.2, 0.25) is 0 Å². The molecule has 7 nitrogen and oxygen atoms in total. The van der Waals surface area contributed by atoms with Gasteiger partial charge in [0.15, 0.2) is 22.1 Å². The molecule has 9 heteroatoms. The Balaban J connectivity index is 1.73. The van der Waals surface area contributed by atoms with Crippen LogP contribution in [0, 0.1) is 0 Å². The molecule has 0 aliphatic carbocycles. The molecule has 0 unspecified atom stereocenters. The van der Waals surface area contributed by atoms with Crippen LogP contribution < -0.4 is 15.2 Å². The lowest BCUT2D eigenvalue weighted by molar-refractivity contribution is 0.394. The van der Waals surface area contributed by atoms with Crippen LogP contribution in [0.4, 0.5) is 5.82 Å². The third-order valence-electron chi connectivity index (χ3n) is 4.63. The molecule has 2 heterocycles. The summed E-state index contributed by atoms with van der Waals surface area (Å²) in [4.78, 5) is 14.2. The van der Waals surface area contributed by atoms with Gasteiger partial charge in [0, 0.05) is 11.0 Å². The quantitative estimate of drug-likeness (QED) is 0.409. The predicted molar refractivity (Wildman–Crippen MR) is 121 cm³/mol. The maximum atomic E-state index is 6.07. The Hall–Kier alpha value is -2.78. The minimum absolute atomic E-state index is 0.363. The van der Waals surface area contributed by atoms with E-state index < -0.39 is 0 Å². The van der Waals surface area contributed by atoms with Crippen molar-refractivity contribution in [1.29, 1.82) is 0 Å². The number of hydrogen-bond acceptors (Lipinski definition) is 7. The van der Waals surface area contributed by atoms with Crippen molar-refractivity contribution in [2.45, 2.75) is 23.0 Å². The summed E-state index contributed by atoms with van der Waals surface area (Å²) in [7, 11) is 3.28. The predicted octanol–water partition coefficient (Wildman–Crippen LogP) is 4.58. The van der Waals surface area contributed by atoms with Crippen molar-refractivity contribution in [1.82, 2.24) is 19.5 Å². The standard InChI is InChI=1S/C21H20BrN5O2S/c1-28-15-7-8-16(29-2)17(11-15)30-21-26-18-19(23)24-12-25-20(18)27(21)10-9-13-3-5-14(22)6-4-13/h3-8,11-12H,9-10H2,1-2H3,(H2,23,24,25). The van der Waals surface area contributed by atoms with E-state index in [0.717, 1.165) is 32.4 Å². The molecule has 0 amide bonds. The van der Waals surface area contributed by atoms with Crippen molar-refractivity contribution >= 4 is 44.7 Å². The molecule has 154 valence electrons. The zero-order chi connectivity index (χ0) is 21.1. The second kappa shape index (κ2) is 8.93. The van der Waals surface area contributed by atoms with Gasteiger partial charge in [-0.05, 0) is 54.1 Å². The number of imidazole rings is 1. The summed E-state index contributed by atoms with van der Waals surface area (Å²) in [5.41, 5.74) is 8.60. The molecule has 0 saturated heterocycles. The fraction of sp³-hybridized carbons (Fsp3) is 0.190. The molecule has 2 N–H and O–H groups in total. The monoisotopic (exact) mass is 485 g/mol. The van der Waals surface area contributed by atoms with Crippen LogP contribution in [-0.2, 0) is 13.0 Å². The Kier molecular flexibility index (Phi) is 6.10. The Morgan fingerprint density at radius 2 is 1.87 bits per heavy atom. The van der Waals surface area contributed by atoms with Gasteiger partial charge in [-0.2, -0.15) is 0 Å². The average molecular weight is 486 g/mol. The molecular weight excluding hydrogens is 466 g/mol. The number of aromatic nitrogens is 4. The highest BCUT2D eigenvalue weighted by Gasteiger charge is 2.18. The molecule has 0 radical (unpaired) electrons. The van der Waals surface area contributed by atoms with E-state index in [1.165, 1.54) is 23.7 Å². The highest BCUT2D eigenvalue weighted by atomic mass is 79.9. The highest BCUT2D eigenvalue weighted by molar-refractivity contribution is 9.10. The van der Waals surface area contributed by atoms with Crippen LogP contribution in [0.15, 0.2) is 63.3 Å². The molecule has 2 aromatic carbocycles. The maximum absolute atomic E-state index is 6.07. The first kappa shape index (κ1) is 20.5. The number of nitrogens with two attached hydrogens (primary N) is 1. The number of ether oxygens (including phenoxy) is 2. The van der Waals surface area contributed by atoms with E-state index in [9.17, 15) is 0 Å². The molecule has 0 saturated carbocycles. The van der Waals surface area contributed by atoms with Crippen LogP contribution >= 0.6 is 27.7 Å². The Morgan fingerprint density at radius 3 is 2.60 bits per heavy atom. The van der Waals surface area contributed by atoms with Gasteiger partial charge in [-0.25, -0.2) is 15.0 Å². The van der Waals surface area contributed by atoms with Gasteiger partial charge in [-0.1, -0.05) is 28.1 Å². The topological polar surface area (TPSA) is 88.1 Å². The number of methoxy groups -OCH3 is 2. The number of rotatable bonds is 7. The molecular formula is C21H20BrN5O2S. The van der Waals surface area contributed by atoms with Gasteiger partial charge in [0.05, 0.1) is 19.1 Å². The summed E-state index contributed by atoms with van der Waals surface area (Å²) in [5.74, 6) is 1.85. The molecule has 4 aromatic rings. The summed E-state index contributed by atoms with van der Waals surface area (Å²) in [6.07, 6.45) is 2.29. The SMILES string of the molecule is COc1ccc(OC)c(Sc2nc3c(N)ncnc3n2CCc2ccc(Br)cc2)c1. The fourth-order valence-corrected chi connectivity index (χ4v) is 4.38. The first-order valence-corrected chi connectivity index (χ1v) is 10.8. The highest BCUT2D eigenvalue weighted by Crippen LogP contribution is 2.38.